The number of thiophene rings is 1. The van der Waals surface area contributed by atoms with Gasteiger partial charge in [0.2, 0.25) is 0 Å². The molecule has 0 bridgehead atoms. The van der Waals surface area contributed by atoms with Crippen molar-refractivity contribution >= 4 is 44.8 Å². The minimum atomic E-state index is -3.83. The van der Waals surface area contributed by atoms with E-state index in [1.165, 1.54) is 42.1 Å². The van der Waals surface area contributed by atoms with E-state index in [1.54, 1.807) is 18.3 Å². The van der Waals surface area contributed by atoms with E-state index in [4.69, 9.17) is 5.11 Å². The highest BCUT2D eigenvalue weighted by atomic mass is 32.2. The normalized spacial score (nSPS) is 11.3. The molecule has 0 saturated carbocycles. The number of rotatable bonds is 6. The maximum absolute atomic E-state index is 12.6. The van der Waals surface area contributed by atoms with E-state index in [1.807, 2.05) is 6.26 Å². The molecule has 0 aliphatic heterocycles. The number of hydrogen-bond acceptors (Lipinski definition) is 7. The lowest BCUT2D eigenvalue weighted by Crippen LogP contribution is -2.12. The number of benzene rings is 1. The summed E-state index contributed by atoms with van der Waals surface area (Å²) in [6.45, 7) is 0. The van der Waals surface area contributed by atoms with E-state index >= 15 is 0 Å². The summed E-state index contributed by atoms with van der Waals surface area (Å²) < 4.78 is 27.6. The van der Waals surface area contributed by atoms with Gasteiger partial charge in [0.15, 0.2) is 5.16 Å². The first kappa shape index (κ1) is 18.4. The van der Waals surface area contributed by atoms with Gasteiger partial charge < -0.3 is 5.11 Å². The van der Waals surface area contributed by atoms with Gasteiger partial charge in [0.05, 0.1) is 16.1 Å². The number of anilines is 1. The summed E-state index contributed by atoms with van der Waals surface area (Å²) in [5, 5.41) is 9.61. The molecule has 0 radical (unpaired) electrons. The van der Waals surface area contributed by atoms with Gasteiger partial charge in [-0.1, -0.05) is 17.8 Å². The molecule has 10 heteroatoms. The zero-order valence-corrected chi connectivity index (χ0v) is 15.9. The van der Waals surface area contributed by atoms with Gasteiger partial charge in [0.25, 0.3) is 10.0 Å². The van der Waals surface area contributed by atoms with Gasteiger partial charge in [-0.15, -0.1) is 11.3 Å². The smallest absolute Gasteiger partial charge is 0.335 e. The van der Waals surface area contributed by atoms with Gasteiger partial charge in [0, 0.05) is 11.9 Å². The van der Waals surface area contributed by atoms with Gasteiger partial charge in [-0.25, -0.2) is 23.2 Å². The Morgan fingerprint density at radius 1 is 1.23 bits per heavy atom. The average molecular weight is 407 g/mol. The zero-order chi connectivity index (χ0) is 18.7. The molecule has 0 spiro atoms. The minimum Gasteiger partial charge on any atom is -0.478 e. The molecular formula is C16H13N3O4S3. The lowest BCUT2D eigenvalue weighted by atomic mass is 10.2. The van der Waals surface area contributed by atoms with Crippen LogP contribution in [0.4, 0.5) is 5.69 Å². The topological polar surface area (TPSA) is 109 Å². The lowest BCUT2D eigenvalue weighted by molar-refractivity contribution is 0.0697. The van der Waals surface area contributed by atoms with E-state index in [2.05, 4.69) is 14.7 Å². The summed E-state index contributed by atoms with van der Waals surface area (Å²) in [6.07, 6.45) is 3.48. The van der Waals surface area contributed by atoms with Crippen molar-refractivity contribution in [1.82, 2.24) is 9.97 Å². The molecule has 2 N–H and O–H groups in total. The molecule has 7 nitrogen and oxygen atoms in total. The quantitative estimate of drug-likeness (QED) is 0.476. The highest BCUT2D eigenvalue weighted by molar-refractivity contribution is 7.98. The molecular weight excluding hydrogens is 394 g/mol. The van der Waals surface area contributed by atoms with Crippen LogP contribution in [-0.4, -0.2) is 35.7 Å². The van der Waals surface area contributed by atoms with E-state index in [0.29, 0.717) is 15.7 Å². The van der Waals surface area contributed by atoms with Crippen molar-refractivity contribution in [3.05, 3.63) is 54.2 Å². The van der Waals surface area contributed by atoms with Gasteiger partial charge in [-0.2, -0.15) is 0 Å². The van der Waals surface area contributed by atoms with Gasteiger partial charge in [-0.3, -0.25) is 4.72 Å². The molecule has 0 aliphatic carbocycles. The Hall–Kier alpha value is -2.43. The second-order valence-corrected chi connectivity index (χ2v) is 8.81. The fraction of sp³-hybridized carbons (Fsp3) is 0.0625. The third-order valence-corrected chi connectivity index (χ3v) is 6.82. The molecule has 0 fully saturated rings. The maximum Gasteiger partial charge on any atom is 0.335 e. The van der Waals surface area contributed by atoms with Gasteiger partial charge >= 0.3 is 5.97 Å². The predicted molar refractivity (Wildman–Crippen MR) is 101 cm³/mol. The molecule has 3 rings (SSSR count). The molecule has 2 aromatic heterocycles. The third kappa shape index (κ3) is 4.03. The fourth-order valence-electron chi connectivity index (χ4n) is 2.10. The van der Waals surface area contributed by atoms with Crippen molar-refractivity contribution in [3.63, 3.8) is 0 Å². The van der Waals surface area contributed by atoms with Crippen LogP contribution >= 0.6 is 23.1 Å². The van der Waals surface area contributed by atoms with Crippen LogP contribution in [0.25, 0.3) is 10.6 Å². The van der Waals surface area contributed by atoms with Crippen LogP contribution in [0.1, 0.15) is 10.4 Å². The molecule has 1 aromatic carbocycles. The zero-order valence-electron chi connectivity index (χ0n) is 13.4. The molecule has 0 atom stereocenters. The molecule has 0 saturated heterocycles. The number of carboxylic acids is 1. The largest absolute Gasteiger partial charge is 0.478 e. The van der Waals surface area contributed by atoms with Crippen LogP contribution in [-0.2, 0) is 10.0 Å². The van der Waals surface area contributed by atoms with Crippen molar-refractivity contribution < 1.29 is 18.3 Å². The number of aromatic carboxylic acids is 1. The van der Waals surface area contributed by atoms with Gasteiger partial charge in [-0.05, 0) is 42.7 Å². The fourth-order valence-corrected chi connectivity index (χ4v) is 4.78. The number of nitrogens with one attached hydrogen (secondary N) is 1. The van der Waals surface area contributed by atoms with Crippen molar-refractivity contribution in [3.8, 4) is 10.6 Å². The summed E-state index contributed by atoms with van der Waals surface area (Å²) in [4.78, 5) is 20.2. The van der Waals surface area contributed by atoms with Crippen molar-refractivity contribution in [2.24, 2.45) is 0 Å². The Labute approximate surface area is 158 Å². The predicted octanol–water partition coefficient (Wildman–Crippen LogP) is 3.43. The van der Waals surface area contributed by atoms with Gasteiger partial charge in [0.1, 0.15) is 4.21 Å². The molecule has 0 amide bonds. The summed E-state index contributed by atoms with van der Waals surface area (Å²) in [5.41, 5.74) is 0.831. The van der Waals surface area contributed by atoms with E-state index < -0.39 is 16.0 Å². The van der Waals surface area contributed by atoms with Crippen molar-refractivity contribution in [1.29, 1.82) is 0 Å². The second kappa shape index (κ2) is 7.44. The monoisotopic (exact) mass is 407 g/mol. The molecule has 26 heavy (non-hydrogen) atoms. The maximum atomic E-state index is 12.6. The van der Waals surface area contributed by atoms with E-state index in [-0.39, 0.29) is 15.5 Å². The number of carbonyl (C=O) groups is 1. The van der Waals surface area contributed by atoms with Crippen LogP contribution in [0.15, 0.2) is 58.0 Å². The third-order valence-electron chi connectivity index (χ3n) is 3.28. The second-order valence-electron chi connectivity index (χ2n) is 5.04. The standard InChI is InChI=1S/C16H13N3O4S3/c1-24-16-17-8-7-12(18-16)13-5-6-14(25-13)26(22,23)19-11-4-2-3-10(9-11)15(20)21/h2-9,19H,1H3,(H,20,21). The first-order valence-electron chi connectivity index (χ1n) is 7.22. The average Bonchev–Trinajstić information content (AvgIpc) is 3.13. The number of aromatic nitrogens is 2. The summed E-state index contributed by atoms with van der Waals surface area (Å²) in [7, 11) is -3.83. The number of sulfonamides is 1. The lowest BCUT2D eigenvalue weighted by Gasteiger charge is -2.06. The molecule has 3 aromatic rings. The Morgan fingerprint density at radius 3 is 2.77 bits per heavy atom. The number of hydrogen-bond donors (Lipinski definition) is 2. The van der Waals surface area contributed by atoms with Crippen LogP contribution in [0.3, 0.4) is 0 Å². The highest BCUT2D eigenvalue weighted by Gasteiger charge is 2.18. The minimum absolute atomic E-state index is 0.00245. The summed E-state index contributed by atoms with van der Waals surface area (Å²) in [5.74, 6) is -1.13. The summed E-state index contributed by atoms with van der Waals surface area (Å²) >= 11 is 2.47. The first-order chi connectivity index (χ1) is 12.4. The van der Waals surface area contributed by atoms with Crippen LogP contribution < -0.4 is 4.72 Å². The summed E-state index contributed by atoms with van der Waals surface area (Å²) in [6, 6.07) is 10.5. The molecule has 134 valence electrons. The Morgan fingerprint density at radius 2 is 2.04 bits per heavy atom. The van der Waals surface area contributed by atoms with E-state index in [0.717, 1.165) is 11.3 Å². The molecule has 0 unspecified atom stereocenters. The van der Waals surface area contributed by atoms with Crippen LogP contribution in [0.2, 0.25) is 0 Å². The first-order valence-corrected chi connectivity index (χ1v) is 10.7. The molecule has 2 heterocycles. The molecule has 0 aliphatic rings. The highest BCUT2D eigenvalue weighted by Crippen LogP contribution is 2.31. The Bertz CT molecular complexity index is 1060. The number of carboxylic acid groups (broad SMARTS) is 1. The Kier molecular flexibility index (Phi) is 5.25. The Balaban J connectivity index is 1.87. The van der Waals surface area contributed by atoms with Crippen LogP contribution in [0.5, 0.6) is 0 Å². The van der Waals surface area contributed by atoms with Crippen molar-refractivity contribution in [2.45, 2.75) is 9.37 Å². The van der Waals surface area contributed by atoms with Crippen molar-refractivity contribution in [2.75, 3.05) is 11.0 Å². The number of thioether (sulfide) groups is 1. The van der Waals surface area contributed by atoms with E-state index in [9.17, 15) is 13.2 Å². The SMILES string of the molecule is CSc1nccc(-c2ccc(S(=O)(=O)Nc3cccc(C(=O)O)c3)s2)n1. The number of nitrogens with zero attached hydrogens (tertiary/aromatic N) is 2. The van der Waals surface area contributed by atoms with Crippen LogP contribution in [0, 0.1) is 0 Å².